The van der Waals surface area contributed by atoms with E-state index >= 15 is 0 Å². The molecule has 2 rings (SSSR count). The lowest BCUT2D eigenvalue weighted by Crippen LogP contribution is -2.20. The molecule has 2 aromatic carbocycles. The third-order valence-corrected chi connectivity index (χ3v) is 4.99. The number of hydrogen-bond donors (Lipinski definition) is 2. The van der Waals surface area contributed by atoms with Gasteiger partial charge >= 0.3 is 0 Å². The highest BCUT2D eigenvalue weighted by atomic mass is 16.5. The van der Waals surface area contributed by atoms with E-state index in [1.54, 1.807) is 24.3 Å². The van der Waals surface area contributed by atoms with Crippen molar-refractivity contribution in [2.75, 3.05) is 42.7 Å². The molecule has 0 radical (unpaired) electrons. The van der Waals surface area contributed by atoms with Crippen molar-refractivity contribution >= 4 is 24.2 Å². The first-order valence-corrected chi connectivity index (χ1v) is 11.1. The number of benzene rings is 2. The predicted octanol–water partition coefficient (Wildman–Crippen LogP) is 2.51. The first kappa shape index (κ1) is 28.8. The van der Waals surface area contributed by atoms with Gasteiger partial charge in [0.15, 0.2) is 23.0 Å². The summed E-state index contributed by atoms with van der Waals surface area (Å²) in [4.78, 5) is 24.1. The number of nitrogens with one attached hydrogen (secondary N) is 2. The monoisotopic (exact) mass is 516 g/mol. The Hall–Kier alpha value is -4.48. The van der Waals surface area contributed by atoms with Gasteiger partial charge in [-0.25, -0.2) is 10.9 Å². The zero-order valence-corrected chi connectivity index (χ0v) is 21.7. The van der Waals surface area contributed by atoms with Gasteiger partial charge in [-0.15, -0.1) is 0 Å². The molecule has 0 aliphatic rings. The van der Waals surface area contributed by atoms with Crippen molar-refractivity contribution in [3.8, 4) is 34.5 Å². The summed E-state index contributed by atoms with van der Waals surface area (Å²) in [5, 5.41) is 7.88. The molecule has 0 aliphatic carbocycles. The second-order valence-corrected chi connectivity index (χ2v) is 7.36. The van der Waals surface area contributed by atoms with Crippen LogP contribution < -0.4 is 39.3 Å². The van der Waals surface area contributed by atoms with Crippen LogP contribution in [0.4, 0.5) is 0 Å². The summed E-state index contributed by atoms with van der Waals surface area (Å²) < 4.78 is 31.7. The molecular weight excluding hydrogens is 484 g/mol. The van der Waals surface area contributed by atoms with Gasteiger partial charge in [-0.3, -0.25) is 9.59 Å². The lowest BCUT2D eigenvalue weighted by atomic mass is 10.2. The standard InChI is InChI=1S/C25H32N4O8/c1-32-18-10-16(11-19(33-2)24(18)36-5)14-26-28-22(30)8-7-9-23(31)29-27-15-17-12-20(34-3)25(37-6)21(13-17)35-4/h10-15H,7-9H2,1-6H3,(H,28,30)(H,29,31). The van der Waals surface area contributed by atoms with Crippen LogP contribution in [0.25, 0.3) is 0 Å². The molecule has 12 nitrogen and oxygen atoms in total. The Morgan fingerprint density at radius 1 is 0.622 bits per heavy atom. The van der Waals surface area contributed by atoms with E-state index in [1.165, 1.54) is 55.1 Å². The quantitative estimate of drug-likeness (QED) is 0.289. The minimum Gasteiger partial charge on any atom is -0.493 e. The fraction of sp³-hybridized carbons (Fsp3) is 0.360. The van der Waals surface area contributed by atoms with Crippen LogP contribution in [-0.4, -0.2) is 66.9 Å². The van der Waals surface area contributed by atoms with Crippen molar-refractivity contribution in [2.24, 2.45) is 10.2 Å². The first-order valence-electron chi connectivity index (χ1n) is 11.1. The second kappa shape index (κ2) is 14.8. The third-order valence-electron chi connectivity index (χ3n) is 4.99. The zero-order chi connectivity index (χ0) is 27.2. The maximum absolute atomic E-state index is 12.0. The number of methoxy groups -OCH3 is 6. The summed E-state index contributed by atoms with van der Waals surface area (Å²) in [6.07, 6.45) is 3.43. The fourth-order valence-corrected chi connectivity index (χ4v) is 3.23. The van der Waals surface area contributed by atoms with Crippen LogP contribution in [0.15, 0.2) is 34.5 Å². The van der Waals surface area contributed by atoms with Gasteiger partial charge in [0.05, 0.1) is 55.1 Å². The molecule has 0 heterocycles. The van der Waals surface area contributed by atoms with Crippen molar-refractivity contribution in [3.63, 3.8) is 0 Å². The summed E-state index contributed by atoms with van der Waals surface area (Å²) in [6, 6.07) is 6.78. The average Bonchev–Trinajstić information content (AvgIpc) is 2.91. The Kier molecular flexibility index (Phi) is 11.5. The number of nitrogens with zero attached hydrogens (tertiary/aromatic N) is 2. The fourth-order valence-electron chi connectivity index (χ4n) is 3.23. The van der Waals surface area contributed by atoms with Gasteiger partial charge in [0.1, 0.15) is 0 Å². The van der Waals surface area contributed by atoms with Gasteiger partial charge in [0, 0.05) is 24.0 Å². The highest BCUT2D eigenvalue weighted by molar-refractivity contribution is 5.85. The Labute approximate surface area is 215 Å². The Morgan fingerprint density at radius 2 is 0.946 bits per heavy atom. The molecule has 2 N–H and O–H groups in total. The molecule has 0 aromatic heterocycles. The SMILES string of the molecule is COc1cc(C=NNC(=O)CCCC(=O)NN=Cc2cc(OC)c(OC)c(OC)c2)cc(OC)c1OC. The smallest absolute Gasteiger partial charge is 0.240 e. The lowest BCUT2D eigenvalue weighted by Gasteiger charge is -2.12. The van der Waals surface area contributed by atoms with Gasteiger partial charge < -0.3 is 28.4 Å². The molecule has 0 saturated carbocycles. The normalized spacial score (nSPS) is 10.8. The molecule has 200 valence electrons. The molecule has 0 unspecified atom stereocenters. The number of hydrogen-bond acceptors (Lipinski definition) is 10. The van der Waals surface area contributed by atoms with Crippen molar-refractivity contribution in [2.45, 2.75) is 19.3 Å². The average molecular weight is 517 g/mol. The van der Waals surface area contributed by atoms with E-state index in [2.05, 4.69) is 21.1 Å². The van der Waals surface area contributed by atoms with Gasteiger partial charge in [0.2, 0.25) is 23.3 Å². The van der Waals surface area contributed by atoms with E-state index < -0.39 is 0 Å². The molecule has 12 heteroatoms. The lowest BCUT2D eigenvalue weighted by molar-refractivity contribution is -0.122. The van der Waals surface area contributed by atoms with Crippen LogP contribution in [0.1, 0.15) is 30.4 Å². The van der Waals surface area contributed by atoms with Gasteiger partial charge in [0.25, 0.3) is 0 Å². The largest absolute Gasteiger partial charge is 0.493 e. The second-order valence-electron chi connectivity index (χ2n) is 7.36. The number of rotatable bonds is 14. The van der Waals surface area contributed by atoms with Gasteiger partial charge in [-0.2, -0.15) is 10.2 Å². The zero-order valence-electron chi connectivity index (χ0n) is 21.7. The van der Waals surface area contributed by atoms with E-state index in [4.69, 9.17) is 28.4 Å². The number of carbonyl (C=O) groups excluding carboxylic acids is 2. The van der Waals surface area contributed by atoms with Crippen LogP contribution in [0, 0.1) is 0 Å². The van der Waals surface area contributed by atoms with Gasteiger partial charge in [-0.1, -0.05) is 0 Å². The number of hydrazone groups is 2. The molecule has 0 atom stereocenters. The van der Waals surface area contributed by atoms with Gasteiger partial charge in [-0.05, 0) is 30.7 Å². The van der Waals surface area contributed by atoms with Crippen LogP contribution in [-0.2, 0) is 9.59 Å². The highest BCUT2D eigenvalue weighted by Crippen LogP contribution is 2.38. The van der Waals surface area contributed by atoms with E-state index in [9.17, 15) is 9.59 Å². The van der Waals surface area contributed by atoms with Crippen molar-refractivity contribution in [1.82, 2.24) is 10.9 Å². The molecule has 0 aliphatic heterocycles. The van der Waals surface area contributed by atoms with Crippen molar-refractivity contribution < 1.29 is 38.0 Å². The first-order chi connectivity index (χ1) is 17.9. The van der Waals surface area contributed by atoms with Crippen LogP contribution in [0.5, 0.6) is 34.5 Å². The Balaban J connectivity index is 1.81. The third kappa shape index (κ3) is 8.30. The maximum atomic E-state index is 12.0. The highest BCUT2D eigenvalue weighted by Gasteiger charge is 2.13. The molecule has 2 amide bonds. The summed E-state index contributed by atoms with van der Waals surface area (Å²) in [5.74, 6) is 2.11. The van der Waals surface area contributed by atoms with Crippen molar-refractivity contribution in [3.05, 3.63) is 35.4 Å². The summed E-state index contributed by atoms with van der Waals surface area (Å²) in [6.45, 7) is 0. The van der Waals surface area contributed by atoms with E-state index in [0.717, 1.165) is 0 Å². The number of amides is 2. The number of carbonyl (C=O) groups is 2. The van der Waals surface area contributed by atoms with Crippen LogP contribution in [0.2, 0.25) is 0 Å². The van der Waals surface area contributed by atoms with E-state index in [1.807, 2.05) is 0 Å². The Bertz CT molecular complexity index is 996. The molecular formula is C25H32N4O8. The minimum atomic E-state index is -0.336. The minimum absolute atomic E-state index is 0.108. The summed E-state index contributed by atoms with van der Waals surface area (Å²) >= 11 is 0. The molecule has 0 fully saturated rings. The van der Waals surface area contributed by atoms with E-state index in [-0.39, 0.29) is 24.7 Å². The topological polar surface area (TPSA) is 138 Å². The van der Waals surface area contributed by atoms with Crippen LogP contribution >= 0.6 is 0 Å². The Morgan fingerprint density at radius 3 is 1.22 bits per heavy atom. The van der Waals surface area contributed by atoms with Crippen molar-refractivity contribution in [1.29, 1.82) is 0 Å². The summed E-state index contributed by atoms with van der Waals surface area (Å²) in [7, 11) is 9.06. The summed E-state index contributed by atoms with van der Waals surface area (Å²) in [5.41, 5.74) is 6.13. The predicted molar refractivity (Wildman–Crippen MR) is 138 cm³/mol. The van der Waals surface area contributed by atoms with E-state index in [0.29, 0.717) is 52.0 Å². The molecule has 0 bridgehead atoms. The number of ether oxygens (including phenoxy) is 6. The molecule has 0 saturated heterocycles. The molecule has 0 spiro atoms. The maximum Gasteiger partial charge on any atom is 0.240 e. The van der Waals surface area contributed by atoms with Crippen LogP contribution in [0.3, 0.4) is 0 Å². The molecule has 37 heavy (non-hydrogen) atoms. The molecule has 2 aromatic rings.